The summed E-state index contributed by atoms with van der Waals surface area (Å²) in [5.74, 6) is 1.45. The minimum Gasteiger partial charge on any atom is -0.356 e. The summed E-state index contributed by atoms with van der Waals surface area (Å²) in [5, 5.41) is 4.20. The average molecular weight is 420 g/mol. The maximum absolute atomic E-state index is 13.0. The molecule has 11 heteroatoms. The first-order valence-electron chi connectivity index (χ1n) is 9.73. The smallest absolute Gasteiger partial charge is 0.227 e. The third-order valence-electron chi connectivity index (χ3n) is 5.49. The van der Waals surface area contributed by atoms with Gasteiger partial charge in [0.15, 0.2) is 5.82 Å². The second kappa shape index (κ2) is 8.07. The normalized spacial score (nSPS) is 21.3. The molecule has 29 heavy (non-hydrogen) atoms. The minimum absolute atomic E-state index is 0.101. The molecule has 2 fully saturated rings. The van der Waals surface area contributed by atoms with Gasteiger partial charge >= 0.3 is 0 Å². The van der Waals surface area contributed by atoms with Crippen molar-refractivity contribution in [3.8, 4) is 5.82 Å². The van der Waals surface area contributed by atoms with Crippen molar-refractivity contribution in [3.63, 3.8) is 0 Å². The summed E-state index contributed by atoms with van der Waals surface area (Å²) in [7, 11) is -3.20. The number of aromatic nitrogens is 4. The lowest BCUT2D eigenvalue weighted by Crippen LogP contribution is -2.53. The van der Waals surface area contributed by atoms with E-state index in [0.29, 0.717) is 38.5 Å². The van der Waals surface area contributed by atoms with Crippen LogP contribution in [0.3, 0.4) is 0 Å². The highest BCUT2D eigenvalue weighted by atomic mass is 32.2. The first-order valence-corrected chi connectivity index (χ1v) is 11.6. The fourth-order valence-electron chi connectivity index (χ4n) is 3.92. The average Bonchev–Trinajstić information content (AvgIpc) is 3.28. The van der Waals surface area contributed by atoms with Crippen LogP contribution < -0.4 is 4.90 Å². The Hall–Kier alpha value is -2.53. The van der Waals surface area contributed by atoms with Crippen LogP contribution in [-0.4, -0.2) is 88.8 Å². The Morgan fingerprint density at radius 1 is 1.10 bits per heavy atom. The molecule has 1 atom stereocenters. The zero-order valence-electron chi connectivity index (χ0n) is 16.4. The third-order valence-corrected chi connectivity index (χ3v) is 6.79. The summed E-state index contributed by atoms with van der Waals surface area (Å²) in [4.78, 5) is 25.6. The fraction of sp³-hybridized carbons (Fsp3) is 0.556. The first kappa shape index (κ1) is 19.8. The standard InChI is InChI=1S/C18H25N7O3S/c1-29(27,28)24-10-8-22(9-11-24)18(26)15-4-2-6-23(13-15)16-12-17(20-14-19-16)25-7-3-5-21-25/h3,5,7,12,14-15H,2,4,6,8-11,13H2,1H3/t15-/m0/s1. The molecular weight excluding hydrogens is 394 g/mol. The molecule has 0 spiro atoms. The molecule has 0 bridgehead atoms. The van der Waals surface area contributed by atoms with Crippen molar-refractivity contribution in [1.29, 1.82) is 0 Å². The summed E-state index contributed by atoms with van der Waals surface area (Å²) in [5.41, 5.74) is 0. The van der Waals surface area contributed by atoms with Gasteiger partial charge in [-0.15, -0.1) is 0 Å². The zero-order chi connectivity index (χ0) is 20.4. The Labute approximate surface area is 170 Å². The van der Waals surface area contributed by atoms with Gasteiger partial charge in [-0.2, -0.15) is 9.40 Å². The van der Waals surface area contributed by atoms with E-state index in [1.165, 1.54) is 16.9 Å². The Balaban J connectivity index is 1.41. The van der Waals surface area contributed by atoms with Gasteiger partial charge in [-0.05, 0) is 18.9 Å². The van der Waals surface area contributed by atoms with Crippen molar-refractivity contribution < 1.29 is 13.2 Å². The minimum atomic E-state index is -3.20. The number of carbonyl (C=O) groups is 1. The zero-order valence-corrected chi connectivity index (χ0v) is 17.2. The van der Waals surface area contributed by atoms with Crippen LogP contribution in [0.25, 0.3) is 5.82 Å². The van der Waals surface area contributed by atoms with Crippen LogP contribution in [0.4, 0.5) is 5.82 Å². The molecule has 10 nitrogen and oxygen atoms in total. The van der Waals surface area contributed by atoms with Gasteiger partial charge in [0.05, 0.1) is 12.2 Å². The van der Waals surface area contributed by atoms with Crippen molar-refractivity contribution in [2.24, 2.45) is 5.92 Å². The Bertz CT molecular complexity index is 956. The SMILES string of the molecule is CS(=O)(=O)N1CCN(C(=O)[C@H]2CCCN(c3cc(-n4cccn4)ncn3)C2)CC1. The van der Waals surface area contributed by atoms with Crippen molar-refractivity contribution >= 4 is 21.7 Å². The van der Waals surface area contributed by atoms with Crippen molar-refractivity contribution in [1.82, 2.24) is 29.0 Å². The van der Waals surface area contributed by atoms with Crippen LogP contribution in [0.2, 0.25) is 0 Å². The highest BCUT2D eigenvalue weighted by Crippen LogP contribution is 2.24. The quantitative estimate of drug-likeness (QED) is 0.686. The van der Waals surface area contributed by atoms with Gasteiger partial charge in [0.1, 0.15) is 12.1 Å². The van der Waals surface area contributed by atoms with E-state index in [1.54, 1.807) is 15.8 Å². The first-order chi connectivity index (χ1) is 13.9. The largest absolute Gasteiger partial charge is 0.356 e. The Kier molecular flexibility index (Phi) is 5.50. The molecule has 0 radical (unpaired) electrons. The van der Waals surface area contributed by atoms with Crippen LogP contribution in [0, 0.1) is 5.92 Å². The molecule has 4 rings (SSSR count). The van der Waals surface area contributed by atoms with Gasteiger partial charge in [-0.25, -0.2) is 23.1 Å². The summed E-state index contributed by atoms with van der Waals surface area (Å²) in [6.45, 7) is 3.04. The summed E-state index contributed by atoms with van der Waals surface area (Å²) >= 11 is 0. The molecule has 4 heterocycles. The molecule has 156 valence electrons. The fourth-order valence-corrected chi connectivity index (χ4v) is 4.75. The van der Waals surface area contributed by atoms with Crippen LogP contribution in [0.5, 0.6) is 0 Å². The molecule has 2 aromatic heterocycles. The lowest BCUT2D eigenvalue weighted by molar-refractivity contribution is -0.137. The van der Waals surface area contributed by atoms with Crippen LogP contribution in [-0.2, 0) is 14.8 Å². The topological polar surface area (TPSA) is 105 Å². The molecule has 0 unspecified atom stereocenters. The number of sulfonamides is 1. The molecule has 0 saturated carbocycles. The molecule has 1 amide bonds. The number of nitrogens with zero attached hydrogens (tertiary/aromatic N) is 7. The van der Waals surface area contributed by atoms with Crippen molar-refractivity contribution in [2.75, 3.05) is 50.4 Å². The predicted octanol–water partition coefficient (Wildman–Crippen LogP) is -0.0175. The van der Waals surface area contributed by atoms with Gasteiger partial charge in [0.2, 0.25) is 15.9 Å². The number of amides is 1. The van der Waals surface area contributed by atoms with E-state index in [-0.39, 0.29) is 11.8 Å². The summed E-state index contributed by atoms with van der Waals surface area (Å²) < 4.78 is 26.5. The van der Waals surface area contributed by atoms with Gasteiger partial charge in [0.25, 0.3) is 0 Å². The van der Waals surface area contributed by atoms with E-state index in [9.17, 15) is 13.2 Å². The molecule has 2 saturated heterocycles. The van der Waals surface area contributed by atoms with E-state index in [1.807, 2.05) is 18.3 Å². The lowest BCUT2D eigenvalue weighted by Gasteiger charge is -2.38. The van der Waals surface area contributed by atoms with Crippen LogP contribution in [0.1, 0.15) is 12.8 Å². The van der Waals surface area contributed by atoms with E-state index in [4.69, 9.17) is 0 Å². The number of anilines is 1. The van der Waals surface area contributed by atoms with Gasteiger partial charge in [-0.1, -0.05) is 0 Å². The number of hydrogen-bond donors (Lipinski definition) is 0. The van der Waals surface area contributed by atoms with E-state index in [2.05, 4.69) is 20.0 Å². The number of piperazine rings is 1. The maximum atomic E-state index is 13.0. The molecule has 0 N–H and O–H groups in total. The number of carbonyl (C=O) groups excluding carboxylic acids is 1. The molecule has 0 aliphatic carbocycles. The van der Waals surface area contributed by atoms with E-state index < -0.39 is 10.0 Å². The Morgan fingerprint density at radius 2 is 1.86 bits per heavy atom. The molecule has 2 aliphatic heterocycles. The molecule has 2 aliphatic rings. The Morgan fingerprint density at radius 3 is 2.55 bits per heavy atom. The highest BCUT2D eigenvalue weighted by molar-refractivity contribution is 7.88. The number of rotatable bonds is 4. The molecule has 2 aromatic rings. The van der Waals surface area contributed by atoms with Gasteiger partial charge < -0.3 is 9.80 Å². The molecular formula is C18H25N7O3S. The van der Waals surface area contributed by atoms with Gasteiger partial charge in [0, 0.05) is 57.7 Å². The second-order valence-corrected chi connectivity index (χ2v) is 9.44. The van der Waals surface area contributed by atoms with Gasteiger partial charge in [-0.3, -0.25) is 4.79 Å². The van der Waals surface area contributed by atoms with Crippen LogP contribution >= 0.6 is 0 Å². The second-order valence-electron chi connectivity index (χ2n) is 7.46. The summed E-state index contributed by atoms with van der Waals surface area (Å²) in [6, 6.07) is 3.71. The van der Waals surface area contributed by atoms with Crippen LogP contribution in [0.15, 0.2) is 30.9 Å². The summed E-state index contributed by atoms with van der Waals surface area (Å²) in [6.07, 6.45) is 7.98. The number of hydrogen-bond acceptors (Lipinski definition) is 7. The number of piperidine rings is 1. The monoisotopic (exact) mass is 419 g/mol. The van der Waals surface area contributed by atoms with E-state index in [0.717, 1.165) is 25.2 Å². The van der Waals surface area contributed by atoms with E-state index >= 15 is 0 Å². The maximum Gasteiger partial charge on any atom is 0.227 e. The lowest BCUT2D eigenvalue weighted by atomic mass is 9.96. The molecule has 0 aromatic carbocycles. The predicted molar refractivity (Wildman–Crippen MR) is 107 cm³/mol. The third kappa shape index (κ3) is 4.40. The highest BCUT2D eigenvalue weighted by Gasteiger charge is 2.33. The van der Waals surface area contributed by atoms with Crippen molar-refractivity contribution in [3.05, 3.63) is 30.9 Å². The van der Waals surface area contributed by atoms with Crippen molar-refractivity contribution in [2.45, 2.75) is 12.8 Å².